The van der Waals surface area contributed by atoms with E-state index in [1.807, 2.05) is 30.3 Å². The predicted octanol–water partition coefficient (Wildman–Crippen LogP) is 3.97. The minimum absolute atomic E-state index is 0.159. The molecule has 1 amide bonds. The summed E-state index contributed by atoms with van der Waals surface area (Å²) in [6, 6.07) is 9.73. The zero-order chi connectivity index (χ0) is 17.5. The number of hydrogen-bond acceptors (Lipinski definition) is 3. The van der Waals surface area contributed by atoms with Crippen LogP contribution in [0, 0.1) is 5.92 Å². The fraction of sp³-hybridized carbons (Fsp3) is 0.500. The Hall–Kier alpha value is -2.30. The SMILES string of the molecule is COc1cn(-c2ccccc2)nc1C(=O)NCC1CCCCCCC1. The number of rotatable bonds is 5. The number of para-hydroxylation sites is 1. The molecule has 5 heteroatoms. The largest absolute Gasteiger partial charge is 0.493 e. The fourth-order valence-electron chi connectivity index (χ4n) is 3.44. The summed E-state index contributed by atoms with van der Waals surface area (Å²) in [4.78, 5) is 12.6. The van der Waals surface area contributed by atoms with Crippen molar-refractivity contribution in [2.75, 3.05) is 13.7 Å². The molecule has 134 valence electrons. The number of hydrogen-bond donors (Lipinski definition) is 1. The molecule has 0 bridgehead atoms. The fourth-order valence-corrected chi connectivity index (χ4v) is 3.44. The molecule has 1 aliphatic rings. The lowest BCUT2D eigenvalue weighted by molar-refractivity contribution is 0.0936. The van der Waals surface area contributed by atoms with Gasteiger partial charge in [0.2, 0.25) is 0 Å². The van der Waals surface area contributed by atoms with Crippen LogP contribution in [0.4, 0.5) is 0 Å². The number of aromatic nitrogens is 2. The molecular weight excluding hydrogens is 314 g/mol. The Morgan fingerprint density at radius 1 is 1.16 bits per heavy atom. The third kappa shape index (κ3) is 4.62. The van der Waals surface area contributed by atoms with Gasteiger partial charge >= 0.3 is 0 Å². The molecule has 0 radical (unpaired) electrons. The van der Waals surface area contributed by atoms with Crippen molar-refractivity contribution in [3.8, 4) is 11.4 Å². The van der Waals surface area contributed by atoms with Gasteiger partial charge in [0.05, 0.1) is 19.0 Å². The molecule has 0 spiro atoms. The second kappa shape index (κ2) is 8.70. The molecule has 1 heterocycles. The topological polar surface area (TPSA) is 56.2 Å². The highest BCUT2D eigenvalue weighted by Crippen LogP contribution is 2.23. The maximum Gasteiger partial charge on any atom is 0.275 e. The van der Waals surface area contributed by atoms with E-state index in [2.05, 4.69) is 10.4 Å². The lowest BCUT2D eigenvalue weighted by Crippen LogP contribution is -2.30. The van der Waals surface area contributed by atoms with Gasteiger partial charge in [-0.1, -0.05) is 50.3 Å². The summed E-state index contributed by atoms with van der Waals surface area (Å²) >= 11 is 0. The van der Waals surface area contributed by atoms with Gasteiger partial charge in [-0.3, -0.25) is 4.79 Å². The van der Waals surface area contributed by atoms with Crippen molar-refractivity contribution < 1.29 is 9.53 Å². The molecule has 0 unspecified atom stereocenters. The second-order valence-corrected chi connectivity index (χ2v) is 6.75. The average molecular weight is 341 g/mol. The molecule has 1 aliphatic carbocycles. The Morgan fingerprint density at radius 3 is 2.52 bits per heavy atom. The molecule has 1 fully saturated rings. The van der Waals surface area contributed by atoms with E-state index in [4.69, 9.17) is 4.74 Å². The molecule has 25 heavy (non-hydrogen) atoms. The molecule has 0 aliphatic heterocycles. The van der Waals surface area contributed by atoms with Gasteiger partial charge in [-0.15, -0.1) is 0 Å². The molecule has 1 aromatic heterocycles. The molecule has 1 N–H and O–H groups in total. The molecule has 1 aromatic carbocycles. The van der Waals surface area contributed by atoms with Crippen LogP contribution in [0.5, 0.6) is 5.75 Å². The smallest absolute Gasteiger partial charge is 0.275 e. The van der Waals surface area contributed by atoms with E-state index < -0.39 is 0 Å². The van der Waals surface area contributed by atoms with Gasteiger partial charge in [0.25, 0.3) is 5.91 Å². The van der Waals surface area contributed by atoms with Crippen LogP contribution >= 0.6 is 0 Å². The van der Waals surface area contributed by atoms with Crippen molar-refractivity contribution in [2.45, 2.75) is 44.9 Å². The van der Waals surface area contributed by atoms with E-state index in [1.54, 1.807) is 18.0 Å². The zero-order valence-electron chi connectivity index (χ0n) is 14.9. The number of methoxy groups -OCH3 is 1. The standard InChI is InChI=1S/C20H27N3O2/c1-25-18-15-23(17-12-8-5-9-13-17)22-19(18)20(24)21-14-16-10-6-3-2-4-7-11-16/h5,8-9,12-13,15-16H,2-4,6-7,10-11,14H2,1H3,(H,21,24). The molecule has 3 rings (SSSR count). The molecule has 1 saturated carbocycles. The lowest BCUT2D eigenvalue weighted by atomic mass is 9.91. The molecule has 5 nitrogen and oxygen atoms in total. The third-order valence-electron chi connectivity index (χ3n) is 4.91. The minimum atomic E-state index is -0.159. The van der Waals surface area contributed by atoms with Gasteiger partial charge in [0.1, 0.15) is 0 Å². The number of carbonyl (C=O) groups is 1. The van der Waals surface area contributed by atoms with Gasteiger partial charge in [-0.2, -0.15) is 5.10 Å². The highest BCUT2D eigenvalue weighted by atomic mass is 16.5. The first-order valence-electron chi connectivity index (χ1n) is 9.25. The van der Waals surface area contributed by atoms with E-state index in [0.29, 0.717) is 17.4 Å². The summed E-state index contributed by atoms with van der Waals surface area (Å²) in [5.41, 5.74) is 1.25. The quantitative estimate of drug-likeness (QED) is 0.895. The van der Waals surface area contributed by atoms with Crippen molar-refractivity contribution in [1.82, 2.24) is 15.1 Å². The predicted molar refractivity (Wildman–Crippen MR) is 98.3 cm³/mol. The first kappa shape index (κ1) is 17.5. The minimum Gasteiger partial charge on any atom is -0.493 e. The van der Waals surface area contributed by atoms with E-state index in [9.17, 15) is 4.79 Å². The van der Waals surface area contributed by atoms with Crippen molar-refractivity contribution in [1.29, 1.82) is 0 Å². The van der Waals surface area contributed by atoms with Crippen LogP contribution in [-0.4, -0.2) is 29.3 Å². The van der Waals surface area contributed by atoms with E-state index in [1.165, 1.54) is 44.9 Å². The average Bonchev–Trinajstić information content (AvgIpc) is 3.06. The van der Waals surface area contributed by atoms with Crippen LogP contribution in [-0.2, 0) is 0 Å². The Balaban J connectivity index is 1.66. The van der Waals surface area contributed by atoms with Gasteiger partial charge in [-0.05, 0) is 30.9 Å². The van der Waals surface area contributed by atoms with Crippen LogP contribution < -0.4 is 10.1 Å². The number of amides is 1. The molecular formula is C20H27N3O2. The maximum absolute atomic E-state index is 12.6. The van der Waals surface area contributed by atoms with Gasteiger partial charge in [0.15, 0.2) is 11.4 Å². The van der Waals surface area contributed by atoms with Crippen molar-refractivity contribution >= 4 is 5.91 Å². The number of nitrogens with one attached hydrogen (secondary N) is 1. The summed E-state index contributed by atoms with van der Waals surface area (Å²) in [6.45, 7) is 0.722. The van der Waals surface area contributed by atoms with Crippen LogP contribution in [0.25, 0.3) is 5.69 Å². The first-order valence-corrected chi connectivity index (χ1v) is 9.25. The van der Waals surface area contributed by atoms with Crippen molar-refractivity contribution in [2.24, 2.45) is 5.92 Å². The second-order valence-electron chi connectivity index (χ2n) is 6.75. The van der Waals surface area contributed by atoms with E-state index in [-0.39, 0.29) is 5.91 Å². The highest BCUT2D eigenvalue weighted by molar-refractivity contribution is 5.94. The Morgan fingerprint density at radius 2 is 1.84 bits per heavy atom. The maximum atomic E-state index is 12.6. The number of carbonyl (C=O) groups excluding carboxylic acids is 1. The summed E-state index contributed by atoms with van der Waals surface area (Å²) < 4.78 is 7.04. The Kier molecular flexibility index (Phi) is 6.09. The summed E-state index contributed by atoms with van der Waals surface area (Å²) in [5.74, 6) is 0.916. The Labute approximate surface area is 149 Å². The monoisotopic (exact) mass is 341 g/mol. The van der Waals surface area contributed by atoms with Gasteiger partial charge in [-0.25, -0.2) is 4.68 Å². The number of benzene rings is 1. The lowest BCUT2D eigenvalue weighted by Gasteiger charge is -2.19. The molecule has 0 atom stereocenters. The molecule has 0 saturated heterocycles. The number of ether oxygens (including phenoxy) is 1. The normalized spacial score (nSPS) is 16.0. The summed E-state index contributed by atoms with van der Waals surface area (Å²) in [6.07, 6.45) is 10.7. The highest BCUT2D eigenvalue weighted by Gasteiger charge is 2.20. The van der Waals surface area contributed by atoms with Crippen molar-refractivity contribution in [3.63, 3.8) is 0 Å². The summed E-state index contributed by atoms with van der Waals surface area (Å²) in [5, 5.41) is 7.49. The zero-order valence-corrected chi connectivity index (χ0v) is 14.9. The summed E-state index contributed by atoms with van der Waals surface area (Å²) in [7, 11) is 1.57. The van der Waals surface area contributed by atoms with Crippen LogP contribution in [0.3, 0.4) is 0 Å². The number of nitrogens with zero attached hydrogens (tertiary/aromatic N) is 2. The first-order chi connectivity index (χ1) is 12.3. The van der Waals surface area contributed by atoms with Crippen LogP contribution in [0.1, 0.15) is 55.4 Å². The van der Waals surface area contributed by atoms with Gasteiger partial charge in [0, 0.05) is 6.54 Å². The third-order valence-corrected chi connectivity index (χ3v) is 4.91. The van der Waals surface area contributed by atoms with Crippen LogP contribution in [0.2, 0.25) is 0 Å². The Bertz CT molecular complexity index is 674. The van der Waals surface area contributed by atoms with Crippen molar-refractivity contribution in [3.05, 3.63) is 42.2 Å². The van der Waals surface area contributed by atoms with Crippen LogP contribution in [0.15, 0.2) is 36.5 Å². The van der Waals surface area contributed by atoms with E-state index >= 15 is 0 Å². The van der Waals surface area contributed by atoms with E-state index in [0.717, 1.165) is 12.2 Å². The van der Waals surface area contributed by atoms with Gasteiger partial charge < -0.3 is 10.1 Å². The molecule has 2 aromatic rings.